The lowest BCUT2D eigenvalue weighted by Gasteiger charge is -2.40. The number of nitrogens with two attached hydrogens (primary N) is 1. The maximum atomic E-state index is 7.16. The molecule has 2 nitrogen and oxygen atoms in total. The summed E-state index contributed by atoms with van der Waals surface area (Å²) in [5, 5.41) is 8.75. The van der Waals surface area contributed by atoms with Crippen molar-refractivity contribution >= 4 is 47.7 Å². The quantitative estimate of drug-likeness (QED) is 0.133. The van der Waals surface area contributed by atoms with E-state index in [0.717, 1.165) is 25.9 Å². The Morgan fingerprint density at radius 1 is 0.429 bits per heavy atom. The van der Waals surface area contributed by atoms with Crippen LogP contribution in [0.1, 0.15) is 81.3 Å². The minimum atomic E-state index is -0.805. The molecular weight excluding hydrogens is 715 g/mol. The molecule has 7 rings (SSSR count). The van der Waals surface area contributed by atoms with Crippen LogP contribution in [0.15, 0.2) is 121 Å². The molecule has 0 saturated heterocycles. The Morgan fingerprint density at radius 2 is 0.750 bits per heavy atom. The zero-order valence-electron chi connectivity index (χ0n) is 34.9. The SMILES string of the molecule is Cc1cccc(P(c2ccccc2CN(Cc2ccccc2P(c2cccc(C)c2C)c2cccc(C)c2C)[C@@H]2CCCC[C@H]2N)c2cccc(C)c2C)c1C. The zero-order chi connectivity index (χ0) is 39.5. The summed E-state index contributed by atoms with van der Waals surface area (Å²) in [6.45, 7) is 20.1. The van der Waals surface area contributed by atoms with E-state index in [1.54, 1.807) is 0 Å². The fourth-order valence-corrected chi connectivity index (χ4v) is 14.6. The lowest BCUT2D eigenvalue weighted by molar-refractivity contribution is 0.122. The van der Waals surface area contributed by atoms with Crippen LogP contribution < -0.4 is 37.6 Å². The maximum Gasteiger partial charge on any atom is 0.0254 e. The molecule has 6 aromatic rings. The molecule has 0 bridgehead atoms. The van der Waals surface area contributed by atoms with E-state index in [9.17, 15) is 0 Å². The van der Waals surface area contributed by atoms with Crippen LogP contribution in [0.25, 0.3) is 0 Å². The molecule has 0 aliphatic heterocycles. The highest BCUT2D eigenvalue weighted by atomic mass is 31.1. The van der Waals surface area contributed by atoms with E-state index in [4.69, 9.17) is 5.73 Å². The summed E-state index contributed by atoms with van der Waals surface area (Å²) in [5.41, 5.74) is 21.0. The lowest BCUT2D eigenvalue weighted by atomic mass is 9.89. The molecule has 1 aliphatic rings. The molecule has 288 valence electrons. The molecule has 0 unspecified atom stereocenters. The van der Waals surface area contributed by atoms with Crippen LogP contribution in [0.3, 0.4) is 0 Å². The largest absolute Gasteiger partial charge is 0.326 e. The molecule has 4 heteroatoms. The van der Waals surface area contributed by atoms with Crippen LogP contribution in [0.2, 0.25) is 0 Å². The van der Waals surface area contributed by atoms with Crippen LogP contribution in [0, 0.1) is 55.4 Å². The summed E-state index contributed by atoms with van der Waals surface area (Å²) in [4.78, 5) is 2.78. The molecular formula is C52H60N2P2. The molecule has 0 spiro atoms. The van der Waals surface area contributed by atoms with Gasteiger partial charge in [0, 0.05) is 25.2 Å². The standard InChI is InChI=1S/C52H60N2P2/c1-35-19-15-29-47(39(35)5)55(48-30-16-20-36(2)40(48)6)51-27-13-9-23-43(51)33-54(46-26-12-11-25-45(46)53)34-44-24-10-14-28-52(44)56(49-31-17-21-37(3)41(49)7)50-32-18-22-38(4)42(50)8/h9-10,13-24,27-32,45-46H,11-12,25-26,33-34,53H2,1-8H3/t45-,46-/m1/s1. The Kier molecular flexibility index (Phi) is 12.7. The van der Waals surface area contributed by atoms with Crippen molar-refractivity contribution in [1.82, 2.24) is 4.90 Å². The van der Waals surface area contributed by atoms with Crippen LogP contribution in [0.4, 0.5) is 0 Å². The predicted octanol–water partition coefficient (Wildman–Crippen LogP) is 9.94. The molecule has 1 aliphatic carbocycles. The minimum absolute atomic E-state index is 0.155. The second kappa shape index (κ2) is 17.7. The molecule has 56 heavy (non-hydrogen) atoms. The van der Waals surface area contributed by atoms with Crippen molar-refractivity contribution in [1.29, 1.82) is 0 Å². The van der Waals surface area contributed by atoms with Gasteiger partial charge in [-0.2, -0.15) is 0 Å². The van der Waals surface area contributed by atoms with E-state index in [0.29, 0.717) is 6.04 Å². The van der Waals surface area contributed by atoms with Gasteiger partial charge in [0.15, 0.2) is 0 Å². The van der Waals surface area contributed by atoms with Gasteiger partial charge in [-0.3, -0.25) is 4.90 Å². The number of rotatable bonds is 11. The van der Waals surface area contributed by atoms with E-state index in [1.807, 2.05) is 0 Å². The van der Waals surface area contributed by atoms with E-state index in [-0.39, 0.29) is 6.04 Å². The summed E-state index contributed by atoms with van der Waals surface area (Å²) in [6.07, 6.45) is 4.66. The van der Waals surface area contributed by atoms with Gasteiger partial charge < -0.3 is 5.73 Å². The number of hydrogen-bond donors (Lipinski definition) is 1. The fraction of sp³-hybridized carbons (Fsp3) is 0.308. The molecule has 6 aromatic carbocycles. The van der Waals surface area contributed by atoms with E-state index in [2.05, 4.69) is 182 Å². The smallest absolute Gasteiger partial charge is 0.0254 e. The van der Waals surface area contributed by atoms with Gasteiger partial charge in [-0.1, -0.05) is 134 Å². The maximum absolute atomic E-state index is 7.16. The second-order valence-corrected chi connectivity index (χ2v) is 20.5. The number of hydrogen-bond acceptors (Lipinski definition) is 2. The molecule has 0 amide bonds. The first-order valence-corrected chi connectivity index (χ1v) is 23.2. The highest BCUT2D eigenvalue weighted by Gasteiger charge is 2.32. The second-order valence-electron chi connectivity index (χ2n) is 16.2. The van der Waals surface area contributed by atoms with Gasteiger partial charge >= 0.3 is 0 Å². The first-order valence-electron chi connectivity index (χ1n) is 20.6. The van der Waals surface area contributed by atoms with Crippen molar-refractivity contribution < 1.29 is 0 Å². The minimum Gasteiger partial charge on any atom is -0.326 e. The predicted molar refractivity (Wildman–Crippen MR) is 248 cm³/mol. The fourth-order valence-electron chi connectivity index (χ4n) is 8.74. The molecule has 1 saturated carbocycles. The van der Waals surface area contributed by atoms with Gasteiger partial charge in [0.05, 0.1) is 0 Å². The topological polar surface area (TPSA) is 29.3 Å². The van der Waals surface area contributed by atoms with Crippen molar-refractivity contribution in [3.63, 3.8) is 0 Å². The normalized spacial score (nSPS) is 15.9. The number of benzene rings is 6. The van der Waals surface area contributed by atoms with Gasteiger partial charge in [-0.25, -0.2) is 0 Å². The van der Waals surface area contributed by atoms with Crippen molar-refractivity contribution in [2.75, 3.05) is 0 Å². The molecule has 0 heterocycles. The van der Waals surface area contributed by atoms with E-state index >= 15 is 0 Å². The third kappa shape index (κ3) is 8.24. The Morgan fingerprint density at radius 3 is 1.11 bits per heavy atom. The highest BCUT2D eigenvalue weighted by Crippen LogP contribution is 2.40. The van der Waals surface area contributed by atoms with Gasteiger partial charge in [-0.15, -0.1) is 0 Å². The average Bonchev–Trinajstić information content (AvgIpc) is 3.19. The van der Waals surface area contributed by atoms with Crippen molar-refractivity contribution in [2.24, 2.45) is 5.73 Å². The summed E-state index contributed by atoms with van der Waals surface area (Å²) < 4.78 is 0. The summed E-state index contributed by atoms with van der Waals surface area (Å²) in [6, 6.07) is 46.8. The first-order chi connectivity index (χ1) is 27.0. The van der Waals surface area contributed by atoms with E-state index in [1.165, 1.54) is 100 Å². The summed E-state index contributed by atoms with van der Waals surface area (Å²) >= 11 is 0. The Balaban J connectivity index is 1.38. The molecule has 0 radical (unpaired) electrons. The monoisotopic (exact) mass is 774 g/mol. The molecule has 0 aromatic heterocycles. The van der Waals surface area contributed by atoms with Gasteiger partial charge in [0.1, 0.15) is 0 Å². The summed E-state index contributed by atoms with van der Waals surface area (Å²) in [5.74, 6) is 0. The van der Waals surface area contributed by atoms with Crippen molar-refractivity contribution in [3.8, 4) is 0 Å². The van der Waals surface area contributed by atoms with Gasteiger partial charge in [0.2, 0.25) is 0 Å². The molecule has 2 N–H and O–H groups in total. The van der Waals surface area contributed by atoms with Crippen LogP contribution in [-0.4, -0.2) is 17.0 Å². The van der Waals surface area contributed by atoms with Crippen molar-refractivity contribution in [3.05, 3.63) is 177 Å². The Bertz CT molecular complexity index is 2070. The van der Waals surface area contributed by atoms with Crippen molar-refractivity contribution in [2.45, 2.75) is 106 Å². The first kappa shape index (κ1) is 40.3. The average molecular weight is 775 g/mol. The lowest BCUT2D eigenvalue weighted by Crippen LogP contribution is -2.49. The van der Waals surface area contributed by atoms with Crippen LogP contribution in [-0.2, 0) is 13.1 Å². The summed E-state index contributed by atoms with van der Waals surface area (Å²) in [7, 11) is -1.61. The zero-order valence-corrected chi connectivity index (χ0v) is 36.7. The van der Waals surface area contributed by atoms with E-state index < -0.39 is 15.8 Å². The van der Waals surface area contributed by atoms with Crippen LogP contribution >= 0.6 is 15.8 Å². The molecule has 1 fully saturated rings. The van der Waals surface area contributed by atoms with Crippen LogP contribution in [0.5, 0.6) is 0 Å². The van der Waals surface area contributed by atoms with Gasteiger partial charge in [-0.05, 0) is 172 Å². The molecule has 2 atom stereocenters. The third-order valence-electron chi connectivity index (χ3n) is 12.7. The number of nitrogens with zero attached hydrogens (tertiary/aromatic N) is 1. The number of aryl methyl sites for hydroxylation is 4. The third-order valence-corrected chi connectivity index (χ3v) is 18.4. The van der Waals surface area contributed by atoms with Gasteiger partial charge in [0.25, 0.3) is 0 Å². The Labute approximate surface area is 340 Å². The Hall–Kier alpha value is -3.90. The highest BCUT2D eigenvalue weighted by molar-refractivity contribution is 7.80.